The number of nitrogens with one attached hydrogen (secondary N) is 2. The molecule has 0 saturated heterocycles. The van der Waals surface area contributed by atoms with E-state index in [-0.39, 0.29) is 0 Å². The third kappa shape index (κ3) is 3.53. The highest BCUT2D eigenvalue weighted by Gasteiger charge is 2.04. The molecule has 0 aliphatic carbocycles. The van der Waals surface area contributed by atoms with E-state index < -0.39 is 0 Å². The van der Waals surface area contributed by atoms with E-state index in [9.17, 15) is 0 Å². The molecule has 0 aliphatic heterocycles. The number of benzene rings is 1. The highest BCUT2D eigenvalue weighted by atomic mass is 14.9. The minimum atomic E-state index is 0.419. The fraction of sp³-hybridized carbons (Fsp3) is 0.571. The average Bonchev–Trinajstić information content (AvgIpc) is 2.35. The molecule has 0 fully saturated rings. The quantitative estimate of drug-likeness (QED) is 0.766. The predicted octanol–water partition coefficient (Wildman–Crippen LogP) is 3.57. The maximum absolute atomic E-state index is 3.54. The van der Waals surface area contributed by atoms with Gasteiger partial charge >= 0.3 is 0 Å². The zero-order valence-electron chi connectivity index (χ0n) is 10.9. The fourth-order valence-corrected chi connectivity index (χ4v) is 1.76. The second-order valence-electron chi connectivity index (χ2n) is 4.29. The van der Waals surface area contributed by atoms with E-state index in [0.29, 0.717) is 12.1 Å². The van der Waals surface area contributed by atoms with E-state index in [2.05, 4.69) is 55.7 Å². The Morgan fingerprint density at radius 3 is 2.06 bits per heavy atom. The molecule has 0 bridgehead atoms. The lowest BCUT2D eigenvalue weighted by atomic mass is 10.1. The van der Waals surface area contributed by atoms with Crippen molar-refractivity contribution in [1.29, 1.82) is 0 Å². The molecule has 2 heteroatoms. The number of hydrogen-bond donors (Lipinski definition) is 2. The van der Waals surface area contributed by atoms with Gasteiger partial charge in [-0.1, -0.05) is 26.0 Å². The molecule has 0 saturated carbocycles. The van der Waals surface area contributed by atoms with Crippen LogP contribution in [0.1, 0.15) is 45.2 Å². The summed E-state index contributed by atoms with van der Waals surface area (Å²) < 4.78 is 0. The van der Waals surface area contributed by atoms with Crippen LogP contribution in [0.5, 0.6) is 0 Å². The maximum atomic E-state index is 3.54. The molecule has 0 heterocycles. The Bertz CT molecular complexity index is 288. The highest BCUT2D eigenvalue weighted by molar-refractivity contribution is 5.45. The van der Waals surface area contributed by atoms with Crippen LogP contribution in [0.15, 0.2) is 24.3 Å². The Morgan fingerprint density at radius 2 is 1.62 bits per heavy atom. The molecular weight excluding hydrogens is 196 g/mol. The van der Waals surface area contributed by atoms with Gasteiger partial charge in [0.25, 0.3) is 0 Å². The molecule has 1 unspecified atom stereocenters. The summed E-state index contributed by atoms with van der Waals surface area (Å²) in [7, 11) is 1.99. The topological polar surface area (TPSA) is 24.1 Å². The van der Waals surface area contributed by atoms with Crippen molar-refractivity contribution in [3.05, 3.63) is 29.8 Å². The summed E-state index contributed by atoms with van der Waals surface area (Å²) in [4.78, 5) is 0. The van der Waals surface area contributed by atoms with Gasteiger partial charge in [-0.3, -0.25) is 0 Å². The molecule has 1 rings (SSSR count). The van der Waals surface area contributed by atoms with Crippen LogP contribution in [-0.2, 0) is 0 Å². The first-order valence-electron chi connectivity index (χ1n) is 6.25. The van der Waals surface area contributed by atoms with Crippen LogP contribution in [-0.4, -0.2) is 13.1 Å². The molecule has 2 nitrogen and oxygen atoms in total. The monoisotopic (exact) mass is 220 g/mol. The van der Waals surface area contributed by atoms with Crippen LogP contribution >= 0.6 is 0 Å². The first-order chi connectivity index (χ1) is 7.71. The summed E-state index contributed by atoms with van der Waals surface area (Å²) in [6.45, 7) is 6.61. The Balaban J connectivity index is 2.64. The van der Waals surface area contributed by atoms with Crippen molar-refractivity contribution in [3.63, 3.8) is 0 Å². The third-order valence-electron chi connectivity index (χ3n) is 3.20. The fourth-order valence-electron chi connectivity index (χ4n) is 1.76. The van der Waals surface area contributed by atoms with Gasteiger partial charge in [0.1, 0.15) is 0 Å². The van der Waals surface area contributed by atoms with Gasteiger partial charge in [0.05, 0.1) is 0 Å². The Hall–Kier alpha value is -1.02. The summed E-state index contributed by atoms with van der Waals surface area (Å²) in [6.07, 6.45) is 2.34. The highest BCUT2D eigenvalue weighted by Crippen LogP contribution is 2.17. The van der Waals surface area contributed by atoms with E-state index in [1.165, 1.54) is 24.1 Å². The van der Waals surface area contributed by atoms with Crippen molar-refractivity contribution in [2.45, 2.75) is 45.7 Å². The Morgan fingerprint density at radius 1 is 1.06 bits per heavy atom. The van der Waals surface area contributed by atoms with Crippen molar-refractivity contribution in [3.8, 4) is 0 Å². The average molecular weight is 220 g/mol. The zero-order chi connectivity index (χ0) is 12.0. The third-order valence-corrected chi connectivity index (χ3v) is 3.20. The van der Waals surface area contributed by atoms with E-state index in [4.69, 9.17) is 0 Å². The van der Waals surface area contributed by atoms with Gasteiger partial charge in [-0.15, -0.1) is 0 Å². The van der Waals surface area contributed by atoms with Gasteiger partial charge in [0, 0.05) is 17.8 Å². The van der Waals surface area contributed by atoms with Crippen molar-refractivity contribution < 1.29 is 0 Å². The predicted molar refractivity (Wildman–Crippen MR) is 71.9 cm³/mol. The van der Waals surface area contributed by atoms with Crippen LogP contribution in [0, 0.1) is 0 Å². The summed E-state index contributed by atoms with van der Waals surface area (Å²) in [5.41, 5.74) is 2.55. The van der Waals surface area contributed by atoms with Crippen LogP contribution in [0.4, 0.5) is 5.69 Å². The molecule has 1 aromatic rings. The lowest BCUT2D eigenvalue weighted by Gasteiger charge is -2.17. The van der Waals surface area contributed by atoms with Gasteiger partial charge in [-0.2, -0.15) is 0 Å². The number of anilines is 1. The van der Waals surface area contributed by atoms with E-state index >= 15 is 0 Å². The standard InChI is InChI=1S/C14H24N2/c1-5-13(6-2)16-14-9-7-12(8-10-14)11(3)15-4/h7-11,13,15-16H,5-6H2,1-4H3. The SMILES string of the molecule is CCC(CC)Nc1ccc(C(C)NC)cc1. The number of hydrogen-bond acceptors (Lipinski definition) is 2. The van der Waals surface area contributed by atoms with Gasteiger partial charge in [0.15, 0.2) is 0 Å². The molecule has 1 aromatic carbocycles. The molecule has 1 atom stereocenters. The molecule has 90 valence electrons. The lowest BCUT2D eigenvalue weighted by Crippen LogP contribution is -2.17. The molecule has 0 aromatic heterocycles. The van der Waals surface area contributed by atoms with Crippen molar-refractivity contribution in [2.75, 3.05) is 12.4 Å². The van der Waals surface area contributed by atoms with Crippen LogP contribution in [0.25, 0.3) is 0 Å². The second-order valence-corrected chi connectivity index (χ2v) is 4.29. The maximum Gasteiger partial charge on any atom is 0.0342 e. The van der Waals surface area contributed by atoms with Crippen LogP contribution in [0.3, 0.4) is 0 Å². The van der Waals surface area contributed by atoms with Crippen LogP contribution in [0.2, 0.25) is 0 Å². The Kier molecular flexibility index (Phi) is 5.33. The lowest BCUT2D eigenvalue weighted by molar-refractivity contribution is 0.651. The molecular formula is C14H24N2. The van der Waals surface area contributed by atoms with E-state index in [1.54, 1.807) is 0 Å². The summed E-state index contributed by atoms with van der Waals surface area (Å²) >= 11 is 0. The molecule has 0 amide bonds. The summed E-state index contributed by atoms with van der Waals surface area (Å²) in [5.74, 6) is 0. The van der Waals surface area contributed by atoms with Crippen LogP contribution < -0.4 is 10.6 Å². The van der Waals surface area contributed by atoms with Gasteiger partial charge < -0.3 is 10.6 Å². The second kappa shape index (κ2) is 6.54. The molecule has 0 radical (unpaired) electrons. The van der Waals surface area contributed by atoms with Crippen molar-refractivity contribution in [2.24, 2.45) is 0 Å². The Labute approximate surface area is 99.5 Å². The molecule has 0 aliphatic rings. The van der Waals surface area contributed by atoms with Gasteiger partial charge in [-0.05, 0) is 44.5 Å². The van der Waals surface area contributed by atoms with Crippen molar-refractivity contribution >= 4 is 5.69 Å². The minimum Gasteiger partial charge on any atom is -0.382 e. The molecule has 2 N–H and O–H groups in total. The number of rotatable bonds is 6. The smallest absolute Gasteiger partial charge is 0.0342 e. The summed E-state index contributed by atoms with van der Waals surface area (Å²) in [5, 5.41) is 6.79. The molecule has 16 heavy (non-hydrogen) atoms. The normalized spacial score (nSPS) is 12.8. The van der Waals surface area contributed by atoms with Gasteiger partial charge in [-0.25, -0.2) is 0 Å². The van der Waals surface area contributed by atoms with E-state index in [0.717, 1.165) is 0 Å². The van der Waals surface area contributed by atoms with Crippen molar-refractivity contribution in [1.82, 2.24) is 5.32 Å². The zero-order valence-corrected chi connectivity index (χ0v) is 10.9. The van der Waals surface area contributed by atoms with Gasteiger partial charge in [0.2, 0.25) is 0 Å². The first-order valence-corrected chi connectivity index (χ1v) is 6.25. The first kappa shape index (κ1) is 13.0. The largest absolute Gasteiger partial charge is 0.382 e. The summed E-state index contributed by atoms with van der Waals surface area (Å²) in [6, 6.07) is 9.72. The van der Waals surface area contributed by atoms with E-state index in [1.807, 2.05) is 7.05 Å². The molecule has 0 spiro atoms. The minimum absolute atomic E-state index is 0.419.